The lowest BCUT2D eigenvalue weighted by Gasteiger charge is -2.52. The number of allylic oxidation sites excluding steroid dienone is 1. The number of rotatable bonds is 6. The topological polar surface area (TPSA) is 12.5 Å². The fraction of sp³-hybridized carbons (Fsp3) is 0.600. The molecule has 1 heterocycles. The van der Waals surface area contributed by atoms with Gasteiger partial charge in [0.2, 0.25) is 0 Å². The van der Waals surface area contributed by atoms with Crippen molar-refractivity contribution in [3.8, 4) is 0 Å². The summed E-state index contributed by atoms with van der Waals surface area (Å²) in [5, 5.41) is 2.27. The van der Waals surface area contributed by atoms with Crippen LogP contribution < -0.4 is 0 Å². The highest BCUT2D eigenvalue weighted by molar-refractivity contribution is 5.17. The van der Waals surface area contributed by atoms with E-state index in [1.165, 1.54) is 24.8 Å². The number of hydroxylamine groups is 2. The average molecular weight is 301 g/mol. The zero-order valence-corrected chi connectivity index (χ0v) is 14.6. The number of piperidine rings is 1. The van der Waals surface area contributed by atoms with E-state index in [2.05, 4.69) is 69.7 Å². The lowest BCUT2D eigenvalue weighted by Crippen LogP contribution is -2.58. The summed E-state index contributed by atoms with van der Waals surface area (Å²) in [6, 6.07) is 10.6. The van der Waals surface area contributed by atoms with Crippen molar-refractivity contribution in [1.29, 1.82) is 0 Å². The Bertz CT molecular complexity index is 462. The van der Waals surface area contributed by atoms with Crippen molar-refractivity contribution in [3.63, 3.8) is 0 Å². The molecule has 0 N–H and O–H groups in total. The molecule has 0 aliphatic carbocycles. The fourth-order valence-corrected chi connectivity index (χ4v) is 3.61. The molecule has 0 saturated carbocycles. The lowest BCUT2D eigenvalue weighted by molar-refractivity contribution is -0.308. The van der Waals surface area contributed by atoms with E-state index >= 15 is 0 Å². The van der Waals surface area contributed by atoms with Gasteiger partial charge in [0.15, 0.2) is 0 Å². The second-order valence-corrected chi connectivity index (χ2v) is 7.64. The third-order valence-electron chi connectivity index (χ3n) is 4.71. The highest BCUT2D eigenvalue weighted by Crippen LogP contribution is 2.41. The normalized spacial score (nSPS) is 22.2. The van der Waals surface area contributed by atoms with Gasteiger partial charge in [-0.05, 0) is 65.4 Å². The first kappa shape index (κ1) is 17.2. The molecule has 1 fully saturated rings. The molecule has 1 aromatic carbocycles. The van der Waals surface area contributed by atoms with Gasteiger partial charge in [-0.2, -0.15) is 5.06 Å². The van der Waals surface area contributed by atoms with Crippen LogP contribution in [0.15, 0.2) is 43.0 Å². The summed E-state index contributed by atoms with van der Waals surface area (Å²) in [6.07, 6.45) is 7.63. The number of nitrogens with zero attached hydrogens (tertiary/aromatic N) is 1. The molecular formula is C20H31NO. The van der Waals surface area contributed by atoms with Gasteiger partial charge in [-0.1, -0.05) is 36.4 Å². The predicted octanol–water partition coefficient (Wildman–Crippen LogP) is 5.67. The van der Waals surface area contributed by atoms with Crippen LogP contribution in [0.3, 0.4) is 0 Å². The van der Waals surface area contributed by atoms with Gasteiger partial charge in [0.1, 0.15) is 6.10 Å². The first-order valence-electron chi connectivity index (χ1n) is 8.50. The van der Waals surface area contributed by atoms with E-state index < -0.39 is 0 Å². The number of hydrogen-bond donors (Lipinski definition) is 0. The van der Waals surface area contributed by atoms with E-state index in [1.54, 1.807) is 0 Å². The molecule has 0 aromatic heterocycles. The van der Waals surface area contributed by atoms with Gasteiger partial charge in [-0.3, -0.25) is 4.84 Å². The van der Waals surface area contributed by atoms with Crippen LogP contribution in [0.1, 0.15) is 71.5 Å². The molecule has 0 amide bonds. The molecule has 1 unspecified atom stereocenters. The standard InChI is InChI=1S/C20H31NO/c1-6-7-14-18(17-12-9-8-10-13-17)22-21-19(2,3)15-11-16-20(21,4)5/h6,8-10,12-13,18H,1,7,11,14-16H2,2-5H3. The molecule has 1 saturated heterocycles. The zero-order valence-electron chi connectivity index (χ0n) is 14.6. The second-order valence-electron chi connectivity index (χ2n) is 7.64. The van der Waals surface area contributed by atoms with Crippen molar-refractivity contribution in [2.75, 3.05) is 0 Å². The highest BCUT2D eigenvalue weighted by Gasteiger charge is 2.43. The Morgan fingerprint density at radius 1 is 1.14 bits per heavy atom. The molecular weight excluding hydrogens is 270 g/mol. The minimum Gasteiger partial charge on any atom is -0.290 e. The van der Waals surface area contributed by atoms with Crippen LogP contribution in [0.2, 0.25) is 0 Å². The largest absolute Gasteiger partial charge is 0.290 e. The van der Waals surface area contributed by atoms with Crippen LogP contribution in [0, 0.1) is 0 Å². The van der Waals surface area contributed by atoms with Gasteiger partial charge < -0.3 is 0 Å². The van der Waals surface area contributed by atoms with Crippen molar-refractivity contribution in [2.45, 2.75) is 77.0 Å². The Hall–Kier alpha value is -1.12. The molecule has 2 heteroatoms. The minimum absolute atomic E-state index is 0.0724. The van der Waals surface area contributed by atoms with E-state index in [-0.39, 0.29) is 17.2 Å². The molecule has 122 valence electrons. The predicted molar refractivity (Wildman–Crippen MR) is 93.5 cm³/mol. The van der Waals surface area contributed by atoms with Gasteiger partial charge in [0.05, 0.1) is 0 Å². The van der Waals surface area contributed by atoms with Gasteiger partial charge in [0.25, 0.3) is 0 Å². The molecule has 0 bridgehead atoms. The van der Waals surface area contributed by atoms with Gasteiger partial charge >= 0.3 is 0 Å². The van der Waals surface area contributed by atoms with Crippen molar-refractivity contribution >= 4 is 0 Å². The monoisotopic (exact) mass is 301 g/mol. The molecule has 1 aliphatic rings. The third-order valence-corrected chi connectivity index (χ3v) is 4.71. The van der Waals surface area contributed by atoms with E-state index in [4.69, 9.17) is 4.84 Å². The van der Waals surface area contributed by atoms with Crippen LogP contribution >= 0.6 is 0 Å². The van der Waals surface area contributed by atoms with Gasteiger partial charge in [0, 0.05) is 11.1 Å². The fourth-order valence-electron chi connectivity index (χ4n) is 3.61. The van der Waals surface area contributed by atoms with E-state index in [0.29, 0.717) is 0 Å². The van der Waals surface area contributed by atoms with Crippen molar-refractivity contribution in [1.82, 2.24) is 5.06 Å². The number of benzene rings is 1. The van der Waals surface area contributed by atoms with Crippen LogP contribution in [-0.4, -0.2) is 16.1 Å². The Morgan fingerprint density at radius 3 is 2.27 bits per heavy atom. The Kier molecular flexibility index (Phi) is 5.46. The molecule has 1 atom stereocenters. The summed E-state index contributed by atoms with van der Waals surface area (Å²) >= 11 is 0. The molecule has 22 heavy (non-hydrogen) atoms. The second kappa shape index (κ2) is 6.97. The average Bonchev–Trinajstić information content (AvgIpc) is 2.46. The summed E-state index contributed by atoms with van der Waals surface area (Å²) in [7, 11) is 0. The molecule has 0 radical (unpaired) electrons. The van der Waals surface area contributed by atoms with Crippen LogP contribution in [0.5, 0.6) is 0 Å². The van der Waals surface area contributed by atoms with Crippen molar-refractivity contribution < 1.29 is 4.84 Å². The maximum Gasteiger partial charge on any atom is 0.105 e. The molecule has 1 aliphatic heterocycles. The maximum absolute atomic E-state index is 6.60. The SMILES string of the molecule is C=CCCC(ON1C(C)(C)CCCC1(C)C)c1ccccc1. The molecule has 2 rings (SSSR count). The van der Waals surface area contributed by atoms with Crippen molar-refractivity contribution in [3.05, 3.63) is 48.6 Å². The Labute approximate surface area is 136 Å². The molecule has 0 spiro atoms. The van der Waals surface area contributed by atoms with E-state index in [9.17, 15) is 0 Å². The Morgan fingerprint density at radius 2 is 1.73 bits per heavy atom. The first-order valence-corrected chi connectivity index (χ1v) is 8.50. The van der Waals surface area contributed by atoms with Gasteiger partial charge in [-0.15, -0.1) is 6.58 Å². The van der Waals surface area contributed by atoms with Crippen LogP contribution in [0.25, 0.3) is 0 Å². The highest BCUT2D eigenvalue weighted by atomic mass is 16.7. The quantitative estimate of drug-likeness (QED) is 0.628. The van der Waals surface area contributed by atoms with E-state index in [0.717, 1.165) is 12.8 Å². The third kappa shape index (κ3) is 3.99. The zero-order chi connectivity index (χ0) is 16.2. The molecule has 1 aromatic rings. The summed E-state index contributed by atoms with van der Waals surface area (Å²) in [5.41, 5.74) is 1.40. The minimum atomic E-state index is 0.0724. The van der Waals surface area contributed by atoms with E-state index in [1.807, 2.05) is 6.08 Å². The molecule has 2 nitrogen and oxygen atoms in total. The van der Waals surface area contributed by atoms with Gasteiger partial charge in [-0.25, -0.2) is 0 Å². The number of hydrogen-bond acceptors (Lipinski definition) is 2. The van der Waals surface area contributed by atoms with Crippen LogP contribution in [0.4, 0.5) is 0 Å². The summed E-state index contributed by atoms with van der Waals surface area (Å²) in [6.45, 7) is 13.0. The smallest absolute Gasteiger partial charge is 0.105 e. The summed E-state index contributed by atoms with van der Waals surface area (Å²) < 4.78 is 0. The lowest BCUT2D eigenvalue weighted by atomic mass is 9.82. The maximum atomic E-state index is 6.60. The van der Waals surface area contributed by atoms with Crippen LogP contribution in [-0.2, 0) is 4.84 Å². The first-order chi connectivity index (χ1) is 10.4. The summed E-state index contributed by atoms with van der Waals surface area (Å²) in [5.74, 6) is 0. The summed E-state index contributed by atoms with van der Waals surface area (Å²) in [4.78, 5) is 6.60. The van der Waals surface area contributed by atoms with Crippen molar-refractivity contribution in [2.24, 2.45) is 0 Å². The Balaban J connectivity index is 2.22.